The summed E-state index contributed by atoms with van der Waals surface area (Å²) in [7, 11) is 0. The van der Waals surface area contributed by atoms with Crippen LogP contribution in [0.25, 0.3) is 11.4 Å². The van der Waals surface area contributed by atoms with Crippen LogP contribution < -0.4 is 4.74 Å². The lowest BCUT2D eigenvalue weighted by molar-refractivity contribution is -0.127. The number of aromatic nitrogens is 2. The van der Waals surface area contributed by atoms with E-state index in [0.717, 1.165) is 50.1 Å². The molecule has 1 atom stereocenters. The van der Waals surface area contributed by atoms with E-state index in [9.17, 15) is 4.79 Å². The van der Waals surface area contributed by atoms with Gasteiger partial charge in [0.2, 0.25) is 17.6 Å². The SMILES string of the molecule is CCCCOc1ccc(-c2noc(C3CC(=O)N(CCCc4ccccc4)C3)n2)cc1. The number of unbranched alkanes of at least 4 members (excludes halogenated alkanes) is 1. The lowest BCUT2D eigenvalue weighted by Gasteiger charge is -2.15. The zero-order valence-corrected chi connectivity index (χ0v) is 18.0. The Labute approximate surface area is 183 Å². The fourth-order valence-corrected chi connectivity index (χ4v) is 3.83. The molecule has 1 fully saturated rings. The number of rotatable bonds is 10. The van der Waals surface area contributed by atoms with E-state index in [1.54, 1.807) is 0 Å². The van der Waals surface area contributed by atoms with Crippen molar-refractivity contribution < 1.29 is 14.1 Å². The minimum atomic E-state index is -0.0397. The number of carbonyl (C=O) groups is 1. The van der Waals surface area contributed by atoms with Crippen LogP contribution in [0.3, 0.4) is 0 Å². The summed E-state index contributed by atoms with van der Waals surface area (Å²) >= 11 is 0. The minimum absolute atomic E-state index is 0.0397. The molecule has 4 rings (SSSR count). The molecular formula is C25H29N3O3. The largest absolute Gasteiger partial charge is 0.494 e. The highest BCUT2D eigenvalue weighted by atomic mass is 16.5. The van der Waals surface area contributed by atoms with E-state index in [1.807, 2.05) is 47.4 Å². The fraction of sp³-hybridized carbons (Fsp3) is 0.400. The van der Waals surface area contributed by atoms with Gasteiger partial charge in [-0.3, -0.25) is 4.79 Å². The van der Waals surface area contributed by atoms with E-state index in [4.69, 9.17) is 9.26 Å². The van der Waals surface area contributed by atoms with E-state index in [1.165, 1.54) is 5.56 Å². The molecule has 3 aromatic rings. The highest BCUT2D eigenvalue weighted by Crippen LogP contribution is 2.29. The molecule has 1 saturated heterocycles. The maximum Gasteiger partial charge on any atom is 0.232 e. The lowest BCUT2D eigenvalue weighted by Crippen LogP contribution is -2.26. The van der Waals surface area contributed by atoms with Gasteiger partial charge in [-0.1, -0.05) is 48.8 Å². The van der Waals surface area contributed by atoms with Gasteiger partial charge in [0.1, 0.15) is 5.75 Å². The molecule has 1 aromatic heterocycles. The number of hydrogen-bond acceptors (Lipinski definition) is 5. The maximum absolute atomic E-state index is 12.4. The summed E-state index contributed by atoms with van der Waals surface area (Å²) in [5.74, 6) is 2.05. The molecule has 0 bridgehead atoms. The quantitative estimate of drug-likeness (QED) is 0.439. The number of likely N-dealkylation sites (tertiary alicyclic amines) is 1. The monoisotopic (exact) mass is 419 g/mol. The molecule has 162 valence electrons. The Balaban J connectivity index is 1.31. The third kappa shape index (κ3) is 5.51. The Kier molecular flexibility index (Phi) is 6.97. The lowest BCUT2D eigenvalue weighted by atomic mass is 10.1. The highest BCUT2D eigenvalue weighted by Gasteiger charge is 2.34. The number of aryl methyl sites for hydroxylation is 1. The Morgan fingerprint density at radius 3 is 2.68 bits per heavy atom. The van der Waals surface area contributed by atoms with Crippen LogP contribution in [0.15, 0.2) is 59.1 Å². The highest BCUT2D eigenvalue weighted by molar-refractivity contribution is 5.79. The predicted octanol–water partition coefficient (Wildman–Crippen LogP) is 4.86. The van der Waals surface area contributed by atoms with Crippen LogP contribution in [0.2, 0.25) is 0 Å². The molecule has 6 nitrogen and oxygen atoms in total. The van der Waals surface area contributed by atoms with Gasteiger partial charge in [0.05, 0.1) is 12.5 Å². The van der Waals surface area contributed by atoms with Crippen LogP contribution in [-0.4, -0.2) is 40.6 Å². The summed E-state index contributed by atoms with van der Waals surface area (Å²) in [4.78, 5) is 18.9. The smallest absolute Gasteiger partial charge is 0.232 e. The van der Waals surface area contributed by atoms with Gasteiger partial charge in [0.15, 0.2) is 0 Å². The molecule has 0 radical (unpaired) electrons. The first-order chi connectivity index (χ1) is 15.2. The van der Waals surface area contributed by atoms with Crippen molar-refractivity contribution in [3.63, 3.8) is 0 Å². The molecule has 2 heterocycles. The number of nitrogens with zero attached hydrogens (tertiary/aromatic N) is 3. The molecule has 0 saturated carbocycles. The number of amides is 1. The summed E-state index contributed by atoms with van der Waals surface area (Å²) in [5, 5.41) is 4.13. The average Bonchev–Trinajstić information content (AvgIpc) is 3.43. The molecule has 31 heavy (non-hydrogen) atoms. The Morgan fingerprint density at radius 2 is 1.90 bits per heavy atom. The number of carbonyl (C=O) groups excluding carboxylic acids is 1. The van der Waals surface area contributed by atoms with Crippen LogP contribution in [0.1, 0.15) is 50.0 Å². The van der Waals surface area contributed by atoms with Gasteiger partial charge in [0.25, 0.3) is 0 Å². The summed E-state index contributed by atoms with van der Waals surface area (Å²) < 4.78 is 11.2. The molecule has 1 aliphatic heterocycles. The van der Waals surface area contributed by atoms with Crippen LogP contribution in [0, 0.1) is 0 Å². The van der Waals surface area contributed by atoms with E-state index in [2.05, 4.69) is 29.2 Å². The number of hydrogen-bond donors (Lipinski definition) is 0. The predicted molar refractivity (Wildman–Crippen MR) is 119 cm³/mol. The maximum atomic E-state index is 12.4. The average molecular weight is 420 g/mol. The van der Waals surface area contributed by atoms with Crippen LogP contribution >= 0.6 is 0 Å². The summed E-state index contributed by atoms with van der Waals surface area (Å²) in [6.45, 7) is 4.26. The molecule has 1 unspecified atom stereocenters. The number of ether oxygens (including phenoxy) is 1. The summed E-state index contributed by atoms with van der Waals surface area (Å²) in [6.07, 6.45) is 4.50. The second kappa shape index (κ2) is 10.2. The van der Waals surface area contributed by atoms with Crippen molar-refractivity contribution in [2.75, 3.05) is 19.7 Å². The minimum Gasteiger partial charge on any atom is -0.494 e. The van der Waals surface area contributed by atoms with Gasteiger partial charge < -0.3 is 14.2 Å². The third-order valence-electron chi connectivity index (χ3n) is 5.62. The van der Waals surface area contributed by atoms with E-state index in [-0.39, 0.29) is 11.8 Å². The van der Waals surface area contributed by atoms with Crippen LogP contribution in [-0.2, 0) is 11.2 Å². The topological polar surface area (TPSA) is 68.5 Å². The molecule has 6 heteroatoms. The third-order valence-corrected chi connectivity index (χ3v) is 5.62. The van der Waals surface area contributed by atoms with Crippen molar-refractivity contribution >= 4 is 5.91 Å². The van der Waals surface area contributed by atoms with Crippen molar-refractivity contribution in [1.82, 2.24) is 15.0 Å². The second-order valence-corrected chi connectivity index (χ2v) is 8.01. The summed E-state index contributed by atoms with van der Waals surface area (Å²) in [5.41, 5.74) is 2.18. The zero-order valence-electron chi connectivity index (χ0n) is 18.0. The normalized spacial score (nSPS) is 16.1. The van der Waals surface area contributed by atoms with Crippen molar-refractivity contribution in [2.45, 2.75) is 44.9 Å². The standard InChI is InChI=1S/C25H29N3O3/c1-2-3-16-30-22-13-11-20(12-14-22)24-26-25(31-27-24)21-17-23(29)28(18-21)15-7-10-19-8-5-4-6-9-19/h4-6,8-9,11-14,21H,2-3,7,10,15-18H2,1H3. The fourth-order valence-electron chi connectivity index (χ4n) is 3.83. The molecule has 0 spiro atoms. The summed E-state index contributed by atoms with van der Waals surface area (Å²) in [6, 6.07) is 18.1. The number of benzene rings is 2. The molecule has 0 N–H and O–H groups in total. The van der Waals surface area contributed by atoms with Gasteiger partial charge >= 0.3 is 0 Å². The van der Waals surface area contributed by atoms with Gasteiger partial charge in [-0.15, -0.1) is 0 Å². The van der Waals surface area contributed by atoms with Crippen LogP contribution in [0.4, 0.5) is 0 Å². The first kappa shape index (κ1) is 21.1. The zero-order chi connectivity index (χ0) is 21.5. The molecule has 2 aromatic carbocycles. The Hall–Kier alpha value is -3.15. The van der Waals surface area contributed by atoms with E-state index >= 15 is 0 Å². The molecule has 1 aliphatic rings. The van der Waals surface area contributed by atoms with Gasteiger partial charge in [-0.25, -0.2) is 0 Å². The molecular weight excluding hydrogens is 390 g/mol. The Bertz CT molecular complexity index is 969. The van der Waals surface area contributed by atoms with Crippen molar-refractivity contribution in [1.29, 1.82) is 0 Å². The first-order valence-electron chi connectivity index (χ1n) is 11.1. The van der Waals surface area contributed by atoms with Gasteiger partial charge in [0, 0.05) is 25.1 Å². The molecule has 1 amide bonds. The van der Waals surface area contributed by atoms with Crippen molar-refractivity contribution in [2.24, 2.45) is 0 Å². The van der Waals surface area contributed by atoms with Crippen LogP contribution in [0.5, 0.6) is 5.75 Å². The van der Waals surface area contributed by atoms with Gasteiger partial charge in [-0.05, 0) is 49.1 Å². The van der Waals surface area contributed by atoms with Crippen molar-refractivity contribution in [3.05, 3.63) is 66.1 Å². The molecule has 0 aliphatic carbocycles. The Morgan fingerprint density at radius 1 is 1.10 bits per heavy atom. The van der Waals surface area contributed by atoms with E-state index in [0.29, 0.717) is 24.7 Å². The first-order valence-corrected chi connectivity index (χ1v) is 11.1. The van der Waals surface area contributed by atoms with Crippen molar-refractivity contribution in [3.8, 4) is 17.1 Å². The van der Waals surface area contributed by atoms with Gasteiger partial charge in [-0.2, -0.15) is 4.98 Å². The van der Waals surface area contributed by atoms with E-state index < -0.39 is 0 Å². The second-order valence-electron chi connectivity index (χ2n) is 8.01.